The summed E-state index contributed by atoms with van der Waals surface area (Å²) < 4.78 is 10.8. The maximum Gasteiger partial charge on any atom is 0.324 e. The maximum absolute atomic E-state index is 13.1. The van der Waals surface area contributed by atoms with Crippen LogP contribution in [0.5, 0.6) is 5.75 Å². The summed E-state index contributed by atoms with van der Waals surface area (Å²) in [5, 5.41) is 7.14. The molecule has 2 heterocycles. The van der Waals surface area contributed by atoms with Crippen LogP contribution in [0.15, 0.2) is 59.1 Å². The van der Waals surface area contributed by atoms with Crippen molar-refractivity contribution in [3.8, 4) is 17.1 Å². The molecular formula is C24H24N4O4. The van der Waals surface area contributed by atoms with Gasteiger partial charge in [-0.2, -0.15) is 4.98 Å². The molecule has 1 saturated carbocycles. The smallest absolute Gasteiger partial charge is 0.324 e. The van der Waals surface area contributed by atoms with Gasteiger partial charge in [-0.05, 0) is 37.0 Å². The van der Waals surface area contributed by atoms with Crippen molar-refractivity contribution < 1.29 is 18.8 Å². The number of benzene rings is 2. The molecule has 2 aromatic carbocycles. The van der Waals surface area contributed by atoms with E-state index in [9.17, 15) is 9.59 Å². The molecule has 1 saturated heterocycles. The van der Waals surface area contributed by atoms with Crippen molar-refractivity contribution in [2.45, 2.75) is 37.8 Å². The quantitative estimate of drug-likeness (QED) is 0.659. The summed E-state index contributed by atoms with van der Waals surface area (Å²) >= 11 is 0. The number of carbonyl (C=O) groups excluding carboxylic acids is 2. The summed E-state index contributed by atoms with van der Waals surface area (Å²) in [6, 6.07) is 16.5. The Balaban J connectivity index is 1.28. The number of nitrogens with zero attached hydrogens (tertiary/aromatic N) is 3. The first-order chi connectivity index (χ1) is 15.6. The minimum absolute atomic E-state index is 0.0132. The average Bonchev–Trinajstić information content (AvgIpc) is 3.32. The summed E-state index contributed by atoms with van der Waals surface area (Å²) in [6.45, 7) is 0.221. The van der Waals surface area contributed by atoms with Gasteiger partial charge < -0.3 is 14.6 Å². The number of urea groups is 1. The monoisotopic (exact) mass is 432 g/mol. The van der Waals surface area contributed by atoms with Crippen LogP contribution in [0.2, 0.25) is 0 Å². The van der Waals surface area contributed by atoms with Crippen LogP contribution in [0.3, 0.4) is 0 Å². The lowest BCUT2D eigenvalue weighted by molar-refractivity contribution is -0.137. The van der Waals surface area contributed by atoms with E-state index in [-0.39, 0.29) is 36.4 Å². The molecule has 3 aromatic rings. The number of nitrogens with one attached hydrogen (secondary N) is 1. The number of methoxy groups -OCH3 is 1. The topological polar surface area (TPSA) is 97.6 Å². The molecule has 0 radical (unpaired) electrons. The Bertz CT molecular complexity index is 1130. The number of amides is 3. The van der Waals surface area contributed by atoms with Gasteiger partial charge in [0.05, 0.1) is 19.6 Å². The predicted molar refractivity (Wildman–Crippen MR) is 116 cm³/mol. The van der Waals surface area contributed by atoms with Gasteiger partial charge in [-0.1, -0.05) is 47.6 Å². The zero-order valence-electron chi connectivity index (χ0n) is 17.7. The van der Waals surface area contributed by atoms with E-state index in [0.717, 1.165) is 17.5 Å². The highest BCUT2D eigenvalue weighted by Gasteiger charge is 2.45. The zero-order chi connectivity index (χ0) is 22.1. The Morgan fingerprint density at radius 2 is 1.97 bits per heavy atom. The second-order valence-corrected chi connectivity index (χ2v) is 8.27. The molecule has 1 aliphatic heterocycles. The highest BCUT2D eigenvalue weighted by molar-refractivity contribution is 5.98. The highest BCUT2D eigenvalue weighted by Crippen LogP contribution is 2.38. The molecule has 1 aromatic heterocycles. The lowest BCUT2D eigenvalue weighted by Gasteiger charge is -2.41. The summed E-state index contributed by atoms with van der Waals surface area (Å²) in [4.78, 5) is 31.8. The SMILES string of the molecule is COc1cccc(CN2C(=O)NC3CC(c4nc(-c5ccccc5)no4)CCC3C2=O)c1. The first-order valence-electron chi connectivity index (χ1n) is 10.8. The zero-order valence-corrected chi connectivity index (χ0v) is 17.7. The van der Waals surface area contributed by atoms with Crippen molar-refractivity contribution in [2.24, 2.45) is 5.92 Å². The third-order valence-electron chi connectivity index (χ3n) is 6.29. The van der Waals surface area contributed by atoms with Gasteiger partial charge in [0, 0.05) is 17.5 Å². The Kier molecular flexibility index (Phi) is 5.34. The maximum atomic E-state index is 13.1. The number of hydrogen-bond donors (Lipinski definition) is 1. The molecule has 0 bridgehead atoms. The van der Waals surface area contributed by atoms with E-state index in [0.29, 0.717) is 30.3 Å². The lowest BCUT2D eigenvalue weighted by atomic mass is 9.76. The van der Waals surface area contributed by atoms with Crippen LogP contribution < -0.4 is 10.1 Å². The molecule has 3 unspecified atom stereocenters. The summed E-state index contributed by atoms with van der Waals surface area (Å²) in [7, 11) is 1.59. The number of rotatable bonds is 5. The van der Waals surface area contributed by atoms with E-state index >= 15 is 0 Å². The fourth-order valence-electron chi connectivity index (χ4n) is 4.60. The average molecular weight is 432 g/mol. The molecule has 3 atom stereocenters. The molecule has 1 N–H and O–H groups in total. The van der Waals surface area contributed by atoms with Crippen molar-refractivity contribution in [1.29, 1.82) is 0 Å². The number of fused-ring (bicyclic) bond motifs is 1. The van der Waals surface area contributed by atoms with E-state index in [1.54, 1.807) is 7.11 Å². The predicted octanol–water partition coefficient (Wildman–Crippen LogP) is 3.75. The van der Waals surface area contributed by atoms with Gasteiger partial charge in [-0.3, -0.25) is 9.69 Å². The molecule has 0 spiro atoms. The van der Waals surface area contributed by atoms with Crippen LogP contribution in [-0.2, 0) is 11.3 Å². The van der Waals surface area contributed by atoms with Crippen LogP contribution in [0.1, 0.15) is 36.6 Å². The molecule has 32 heavy (non-hydrogen) atoms. The number of imide groups is 1. The Morgan fingerprint density at radius 1 is 1.12 bits per heavy atom. The molecule has 2 fully saturated rings. The summed E-state index contributed by atoms with van der Waals surface area (Å²) in [5.41, 5.74) is 1.74. The largest absolute Gasteiger partial charge is 0.497 e. The second kappa shape index (κ2) is 8.45. The second-order valence-electron chi connectivity index (χ2n) is 8.27. The molecule has 2 aliphatic rings. The van der Waals surface area contributed by atoms with Crippen LogP contribution in [0.25, 0.3) is 11.4 Å². The Hall–Kier alpha value is -3.68. The van der Waals surface area contributed by atoms with Gasteiger partial charge in [0.2, 0.25) is 17.6 Å². The fraction of sp³-hybridized carbons (Fsp3) is 0.333. The third kappa shape index (κ3) is 3.84. The van der Waals surface area contributed by atoms with Crippen LogP contribution in [0.4, 0.5) is 4.79 Å². The minimum atomic E-state index is -0.366. The standard InChI is InChI=1S/C24H24N4O4/c1-31-18-9-5-6-15(12-18)14-28-23(29)19-11-10-17(13-20(19)25-24(28)30)22-26-21(27-32-22)16-7-3-2-4-8-16/h2-9,12,17,19-20H,10-11,13-14H2,1H3,(H,25,30). The molecule has 3 amide bonds. The van der Waals surface area contributed by atoms with Gasteiger partial charge >= 0.3 is 6.03 Å². The highest BCUT2D eigenvalue weighted by atomic mass is 16.5. The number of ether oxygens (including phenoxy) is 1. The van der Waals surface area contributed by atoms with E-state index in [2.05, 4.69) is 15.5 Å². The van der Waals surface area contributed by atoms with E-state index in [1.807, 2.05) is 54.6 Å². The Labute approximate surface area is 185 Å². The van der Waals surface area contributed by atoms with E-state index in [1.165, 1.54) is 4.90 Å². The molecule has 8 nitrogen and oxygen atoms in total. The third-order valence-corrected chi connectivity index (χ3v) is 6.29. The summed E-state index contributed by atoms with van der Waals surface area (Å²) in [6.07, 6.45) is 2.02. The molecule has 164 valence electrons. The van der Waals surface area contributed by atoms with Crippen molar-refractivity contribution in [3.63, 3.8) is 0 Å². The van der Waals surface area contributed by atoms with Gasteiger partial charge in [0.1, 0.15) is 5.75 Å². The van der Waals surface area contributed by atoms with Crippen LogP contribution >= 0.6 is 0 Å². The van der Waals surface area contributed by atoms with Crippen LogP contribution in [0, 0.1) is 5.92 Å². The first-order valence-corrected chi connectivity index (χ1v) is 10.8. The van der Waals surface area contributed by atoms with Crippen molar-refractivity contribution in [3.05, 3.63) is 66.1 Å². The molecule has 1 aliphatic carbocycles. The lowest BCUT2D eigenvalue weighted by Crippen LogP contribution is -2.60. The number of aromatic nitrogens is 2. The van der Waals surface area contributed by atoms with Gasteiger partial charge in [0.25, 0.3) is 0 Å². The number of carbonyl (C=O) groups is 2. The van der Waals surface area contributed by atoms with Crippen molar-refractivity contribution in [1.82, 2.24) is 20.4 Å². The Morgan fingerprint density at radius 3 is 2.78 bits per heavy atom. The normalized spacial score (nSPS) is 22.9. The summed E-state index contributed by atoms with van der Waals surface area (Å²) in [5.74, 6) is 1.44. The molecular weight excluding hydrogens is 408 g/mol. The minimum Gasteiger partial charge on any atom is -0.497 e. The van der Waals surface area contributed by atoms with Crippen molar-refractivity contribution >= 4 is 11.9 Å². The fourth-order valence-corrected chi connectivity index (χ4v) is 4.60. The van der Waals surface area contributed by atoms with Crippen LogP contribution in [-0.4, -0.2) is 40.1 Å². The van der Waals surface area contributed by atoms with Crippen molar-refractivity contribution in [2.75, 3.05) is 7.11 Å². The number of hydrogen-bond acceptors (Lipinski definition) is 6. The molecule has 8 heteroatoms. The first kappa shape index (κ1) is 20.2. The van der Waals surface area contributed by atoms with E-state index < -0.39 is 0 Å². The van der Waals surface area contributed by atoms with Gasteiger partial charge in [-0.25, -0.2) is 4.79 Å². The van der Waals surface area contributed by atoms with Gasteiger partial charge in [0.15, 0.2) is 0 Å². The molecule has 5 rings (SSSR count). The van der Waals surface area contributed by atoms with E-state index in [4.69, 9.17) is 9.26 Å². The van der Waals surface area contributed by atoms with Gasteiger partial charge in [-0.15, -0.1) is 0 Å².